The van der Waals surface area contributed by atoms with Crippen LogP contribution in [0.2, 0.25) is 0 Å². The molecule has 5 nitrogen and oxygen atoms in total. The van der Waals surface area contributed by atoms with Gasteiger partial charge in [0.2, 0.25) is 9.84 Å². The van der Waals surface area contributed by atoms with Gasteiger partial charge in [-0.2, -0.15) is 0 Å². The average Bonchev–Trinajstić information content (AvgIpc) is 2.68. The third kappa shape index (κ3) is 2.88. The second-order valence-corrected chi connectivity index (χ2v) is 7.91. The number of hydrogen-bond acceptors (Lipinski definition) is 5. The molecule has 0 spiro atoms. The zero-order valence-electron chi connectivity index (χ0n) is 13.7. The molecule has 3 aromatic rings. The highest BCUT2D eigenvalue weighted by molar-refractivity contribution is 7.91. The van der Waals surface area contributed by atoms with E-state index in [0.29, 0.717) is 5.39 Å². The number of piperazine rings is 1. The normalized spacial score (nSPS) is 15.4. The van der Waals surface area contributed by atoms with Crippen molar-refractivity contribution in [2.45, 2.75) is 9.92 Å². The van der Waals surface area contributed by atoms with Gasteiger partial charge in [-0.3, -0.25) is 0 Å². The number of nitrogens with one attached hydrogen (secondary N) is 1. The molecule has 0 bridgehead atoms. The van der Waals surface area contributed by atoms with E-state index >= 15 is 0 Å². The first-order chi connectivity index (χ1) is 12.2. The molecule has 1 aliphatic rings. The van der Waals surface area contributed by atoms with Gasteiger partial charge in [0.25, 0.3) is 0 Å². The molecular formula is C19H19N3O2S. The molecule has 2 aromatic carbocycles. The van der Waals surface area contributed by atoms with Crippen molar-refractivity contribution in [3.8, 4) is 0 Å². The smallest absolute Gasteiger partial charge is 0.224 e. The predicted molar refractivity (Wildman–Crippen MR) is 98.7 cm³/mol. The van der Waals surface area contributed by atoms with Crippen LogP contribution in [0.1, 0.15) is 0 Å². The van der Waals surface area contributed by atoms with Crippen LogP contribution in [0.25, 0.3) is 10.8 Å². The number of sulfone groups is 1. The SMILES string of the molecule is O=S(=O)(c1ccccc1)c1ncc(N2CCNCC2)c2ccccc12. The first-order valence-electron chi connectivity index (χ1n) is 8.31. The van der Waals surface area contributed by atoms with Crippen molar-refractivity contribution in [2.75, 3.05) is 31.1 Å². The molecule has 0 amide bonds. The zero-order chi connectivity index (χ0) is 17.3. The Morgan fingerprint density at radius 1 is 0.880 bits per heavy atom. The van der Waals surface area contributed by atoms with E-state index in [9.17, 15) is 8.42 Å². The number of rotatable bonds is 3. The van der Waals surface area contributed by atoms with Crippen LogP contribution >= 0.6 is 0 Å². The minimum atomic E-state index is -3.66. The van der Waals surface area contributed by atoms with Crippen molar-refractivity contribution in [1.29, 1.82) is 0 Å². The fourth-order valence-corrected chi connectivity index (χ4v) is 4.63. The molecule has 1 saturated heterocycles. The van der Waals surface area contributed by atoms with Crippen LogP contribution in [0.3, 0.4) is 0 Å². The predicted octanol–water partition coefficient (Wildman–Crippen LogP) is 2.48. The minimum Gasteiger partial charge on any atom is -0.367 e. The number of anilines is 1. The van der Waals surface area contributed by atoms with Gasteiger partial charge in [-0.05, 0) is 12.1 Å². The number of benzene rings is 2. The maximum absolute atomic E-state index is 13.0. The van der Waals surface area contributed by atoms with Gasteiger partial charge < -0.3 is 10.2 Å². The Morgan fingerprint density at radius 3 is 2.24 bits per heavy atom. The van der Waals surface area contributed by atoms with Gasteiger partial charge in [0.15, 0.2) is 5.03 Å². The highest BCUT2D eigenvalue weighted by atomic mass is 32.2. The van der Waals surface area contributed by atoms with Crippen molar-refractivity contribution in [2.24, 2.45) is 0 Å². The Kier molecular flexibility index (Phi) is 4.15. The highest BCUT2D eigenvalue weighted by Gasteiger charge is 2.24. The molecule has 1 aromatic heterocycles. The maximum Gasteiger partial charge on any atom is 0.224 e. The van der Waals surface area contributed by atoms with Gasteiger partial charge in [-0.1, -0.05) is 42.5 Å². The Labute approximate surface area is 147 Å². The number of nitrogens with zero attached hydrogens (tertiary/aromatic N) is 2. The van der Waals surface area contributed by atoms with Crippen molar-refractivity contribution in [3.05, 3.63) is 60.8 Å². The van der Waals surface area contributed by atoms with E-state index in [0.717, 1.165) is 37.3 Å². The van der Waals surface area contributed by atoms with E-state index in [1.807, 2.05) is 24.3 Å². The summed E-state index contributed by atoms with van der Waals surface area (Å²) in [5.74, 6) is 0. The minimum absolute atomic E-state index is 0.119. The molecule has 1 N–H and O–H groups in total. The molecule has 6 heteroatoms. The third-order valence-electron chi connectivity index (χ3n) is 4.50. The lowest BCUT2D eigenvalue weighted by molar-refractivity contribution is 0.588. The number of pyridine rings is 1. The zero-order valence-corrected chi connectivity index (χ0v) is 14.5. The summed E-state index contributed by atoms with van der Waals surface area (Å²) in [6.07, 6.45) is 1.70. The van der Waals surface area contributed by atoms with Crippen LogP contribution in [-0.4, -0.2) is 39.6 Å². The van der Waals surface area contributed by atoms with Crippen molar-refractivity contribution in [3.63, 3.8) is 0 Å². The largest absolute Gasteiger partial charge is 0.367 e. The van der Waals surface area contributed by atoms with Crippen molar-refractivity contribution >= 4 is 26.3 Å². The lowest BCUT2D eigenvalue weighted by Gasteiger charge is -2.30. The molecule has 1 fully saturated rings. The standard InChI is InChI=1S/C19H19N3O2S/c23-25(24,15-6-2-1-3-7-15)19-17-9-5-4-8-16(17)18(14-21-19)22-12-10-20-11-13-22/h1-9,14,20H,10-13H2. The fraction of sp³-hybridized carbons (Fsp3) is 0.211. The first kappa shape index (κ1) is 16.1. The average molecular weight is 353 g/mol. The van der Waals surface area contributed by atoms with E-state index in [2.05, 4.69) is 15.2 Å². The Hall–Kier alpha value is -2.44. The Bertz CT molecular complexity index is 998. The van der Waals surface area contributed by atoms with Crippen LogP contribution in [-0.2, 0) is 9.84 Å². The molecule has 25 heavy (non-hydrogen) atoms. The summed E-state index contributed by atoms with van der Waals surface area (Å²) < 4.78 is 26.1. The van der Waals surface area contributed by atoms with Crippen LogP contribution in [0.5, 0.6) is 0 Å². The molecule has 128 valence electrons. The lowest BCUT2D eigenvalue weighted by atomic mass is 10.1. The van der Waals surface area contributed by atoms with Gasteiger partial charge in [-0.25, -0.2) is 13.4 Å². The van der Waals surface area contributed by atoms with E-state index in [4.69, 9.17) is 0 Å². The van der Waals surface area contributed by atoms with Gasteiger partial charge in [-0.15, -0.1) is 0 Å². The summed E-state index contributed by atoms with van der Waals surface area (Å²) in [5.41, 5.74) is 0.990. The number of hydrogen-bond donors (Lipinski definition) is 1. The fourth-order valence-electron chi connectivity index (χ4n) is 3.23. The van der Waals surface area contributed by atoms with Crippen molar-refractivity contribution in [1.82, 2.24) is 10.3 Å². The van der Waals surface area contributed by atoms with E-state index in [-0.39, 0.29) is 9.92 Å². The van der Waals surface area contributed by atoms with Crippen LogP contribution < -0.4 is 10.2 Å². The summed E-state index contributed by atoms with van der Waals surface area (Å²) in [7, 11) is -3.66. The molecule has 0 atom stereocenters. The second-order valence-electron chi connectivity index (χ2n) is 6.05. The molecule has 0 radical (unpaired) electrons. The monoisotopic (exact) mass is 353 g/mol. The molecular weight excluding hydrogens is 334 g/mol. The first-order valence-corrected chi connectivity index (χ1v) is 9.80. The summed E-state index contributed by atoms with van der Waals surface area (Å²) in [6.45, 7) is 3.60. The topological polar surface area (TPSA) is 62.3 Å². The molecule has 2 heterocycles. The summed E-state index contributed by atoms with van der Waals surface area (Å²) >= 11 is 0. The summed E-state index contributed by atoms with van der Waals surface area (Å²) in [4.78, 5) is 6.90. The molecule has 0 unspecified atom stereocenters. The van der Waals surface area contributed by atoms with Gasteiger partial charge >= 0.3 is 0 Å². The number of fused-ring (bicyclic) bond motifs is 1. The summed E-state index contributed by atoms with van der Waals surface area (Å²) in [6, 6.07) is 16.1. The Balaban J connectivity index is 1.90. The maximum atomic E-state index is 13.0. The molecule has 0 aliphatic carbocycles. The quantitative estimate of drug-likeness (QED) is 0.784. The van der Waals surface area contributed by atoms with E-state index in [1.165, 1.54) is 0 Å². The van der Waals surface area contributed by atoms with Gasteiger partial charge in [0, 0.05) is 37.0 Å². The van der Waals surface area contributed by atoms with Gasteiger partial charge in [0.1, 0.15) is 0 Å². The van der Waals surface area contributed by atoms with E-state index in [1.54, 1.807) is 36.5 Å². The Morgan fingerprint density at radius 2 is 1.52 bits per heavy atom. The second kappa shape index (κ2) is 6.46. The molecule has 4 rings (SSSR count). The van der Waals surface area contributed by atoms with Crippen LogP contribution in [0, 0.1) is 0 Å². The number of aromatic nitrogens is 1. The van der Waals surface area contributed by atoms with Crippen molar-refractivity contribution < 1.29 is 8.42 Å². The summed E-state index contributed by atoms with van der Waals surface area (Å²) in [5, 5.41) is 5.04. The lowest BCUT2D eigenvalue weighted by Crippen LogP contribution is -2.43. The third-order valence-corrected chi connectivity index (χ3v) is 6.23. The van der Waals surface area contributed by atoms with E-state index < -0.39 is 9.84 Å². The highest BCUT2D eigenvalue weighted by Crippen LogP contribution is 2.32. The molecule has 1 aliphatic heterocycles. The molecule has 0 saturated carbocycles. The van der Waals surface area contributed by atoms with Crippen LogP contribution in [0.4, 0.5) is 5.69 Å². The van der Waals surface area contributed by atoms with Gasteiger partial charge in [0.05, 0.1) is 16.8 Å². The van der Waals surface area contributed by atoms with Crippen LogP contribution in [0.15, 0.2) is 70.7 Å².